The minimum Gasteiger partial charge on any atom is -0.469 e. The van der Waals surface area contributed by atoms with Crippen molar-refractivity contribution in [1.82, 2.24) is 10.6 Å². The molecule has 4 nitrogen and oxygen atoms in total. The van der Waals surface area contributed by atoms with E-state index in [1.165, 1.54) is 0 Å². The molecular formula is C13H20N2O2. The third kappa shape index (κ3) is 3.60. The minimum atomic E-state index is -0.0362. The molecular weight excluding hydrogens is 216 g/mol. The Kier molecular flexibility index (Phi) is 3.84. The fraction of sp³-hybridized carbons (Fsp3) is 0.615. The Morgan fingerprint density at radius 2 is 2.29 bits per heavy atom. The molecule has 1 amide bonds. The molecule has 1 fully saturated rings. The lowest BCUT2D eigenvalue weighted by Gasteiger charge is -2.35. The highest BCUT2D eigenvalue weighted by Gasteiger charge is 2.27. The highest BCUT2D eigenvalue weighted by atomic mass is 16.3. The van der Waals surface area contributed by atoms with Gasteiger partial charge in [0.05, 0.1) is 6.26 Å². The maximum Gasteiger partial charge on any atom is 0.220 e. The van der Waals surface area contributed by atoms with E-state index >= 15 is 0 Å². The summed E-state index contributed by atoms with van der Waals surface area (Å²) in [5.74, 6) is 0.987. The Bertz CT molecular complexity index is 354. The van der Waals surface area contributed by atoms with Gasteiger partial charge in [0.15, 0.2) is 0 Å². The van der Waals surface area contributed by atoms with Crippen molar-refractivity contribution in [2.24, 2.45) is 0 Å². The molecule has 1 aromatic rings. The highest BCUT2D eigenvalue weighted by molar-refractivity contribution is 5.76. The fourth-order valence-corrected chi connectivity index (χ4v) is 2.19. The summed E-state index contributed by atoms with van der Waals surface area (Å²) in [6, 6.07) is 3.75. The van der Waals surface area contributed by atoms with Crippen molar-refractivity contribution < 1.29 is 9.21 Å². The van der Waals surface area contributed by atoms with Crippen molar-refractivity contribution in [2.75, 3.05) is 13.1 Å². The number of piperidine rings is 1. The Labute approximate surface area is 102 Å². The lowest BCUT2D eigenvalue weighted by Crippen LogP contribution is -2.52. The number of hydrogen-bond acceptors (Lipinski definition) is 3. The number of carbonyl (C=O) groups excluding carboxylic acids is 1. The molecule has 2 N–H and O–H groups in total. The second kappa shape index (κ2) is 5.36. The first kappa shape index (κ1) is 12.2. The first-order chi connectivity index (χ1) is 8.18. The van der Waals surface area contributed by atoms with Gasteiger partial charge in [-0.3, -0.25) is 4.79 Å². The fourth-order valence-electron chi connectivity index (χ4n) is 2.19. The zero-order valence-electron chi connectivity index (χ0n) is 10.3. The molecule has 2 heterocycles. The third-order valence-electron chi connectivity index (χ3n) is 3.33. The average Bonchev–Trinajstić information content (AvgIpc) is 2.79. The third-order valence-corrected chi connectivity index (χ3v) is 3.33. The summed E-state index contributed by atoms with van der Waals surface area (Å²) in [6.45, 7) is 4.09. The number of nitrogens with one attached hydrogen (secondary N) is 2. The van der Waals surface area contributed by atoms with Crippen LogP contribution < -0.4 is 10.6 Å². The summed E-state index contributed by atoms with van der Waals surface area (Å²) in [7, 11) is 0. The number of carbonyl (C=O) groups is 1. The molecule has 17 heavy (non-hydrogen) atoms. The zero-order chi connectivity index (χ0) is 12.1. The molecule has 1 aliphatic heterocycles. The van der Waals surface area contributed by atoms with Crippen molar-refractivity contribution in [3.8, 4) is 0 Å². The lowest BCUT2D eigenvalue weighted by molar-refractivity contribution is -0.123. The van der Waals surface area contributed by atoms with Crippen LogP contribution in [0.15, 0.2) is 22.8 Å². The van der Waals surface area contributed by atoms with E-state index in [0.717, 1.165) is 31.7 Å². The van der Waals surface area contributed by atoms with Gasteiger partial charge in [-0.05, 0) is 45.0 Å². The summed E-state index contributed by atoms with van der Waals surface area (Å²) in [5.41, 5.74) is -0.0362. The molecule has 0 aromatic carbocycles. The van der Waals surface area contributed by atoms with Crippen LogP contribution in [0.1, 0.15) is 31.9 Å². The number of amides is 1. The van der Waals surface area contributed by atoms with Gasteiger partial charge in [-0.15, -0.1) is 0 Å². The second-order valence-electron chi connectivity index (χ2n) is 4.94. The summed E-state index contributed by atoms with van der Waals surface area (Å²) in [4.78, 5) is 11.8. The van der Waals surface area contributed by atoms with E-state index in [1.807, 2.05) is 12.1 Å². The molecule has 4 heteroatoms. The van der Waals surface area contributed by atoms with Gasteiger partial charge in [0.25, 0.3) is 0 Å². The number of aryl methyl sites for hydroxylation is 1. The van der Waals surface area contributed by atoms with E-state index in [4.69, 9.17) is 4.42 Å². The molecule has 0 radical (unpaired) electrons. The smallest absolute Gasteiger partial charge is 0.220 e. The topological polar surface area (TPSA) is 54.3 Å². The van der Waals surface area contributed by atoms with Crippen molar-refractivity contribution >= 4 is 5.91 Å². The van der Waals surface area contributed by atoms with Gasteiger partial charge in [-0.25, -0.2) is 0 Å². The molecule has 0 spiro atoms. The normalized spacial score (nSPS) is 18.9. The van der Waals surface area contributed by atoms with Crippen LogP contribution in [0, 0.1) is 0 Å². The summed E-state index contributed by atoms with van der Waals surface area (Å²) < 4.78 is 5.21. The zero-order valence-corrected chi connectivity index (χ0v) is 10.3. The van der Waals surface area contributed by atoms with Crippen molar-refractivity contribution in [3.63, 3.8) is 0 Å². The van der Waals surface area contributed by atoms with Gasteiger partial charge in [0.2, 0.25) is 5.91 Å². The monoisotopic (exact) mass is 236 g/mol. The number of hydrogen-bond donors (Lipinski definition) is 2. The number of rotatable bonds is 4. The van der Waals surface area contributed by atoms with Crippen molar-refractivity contribution in [3.05, 3.63) is 24.2 Å². The van der Waals surface area contributed by atoms with E-state index in [1.54, 1.807) is 6.26 Å². The lowest BCUT2D eigenvalue weighted by atomic mass is 9.90. The standard InChI is InChI=1S/C13H20N2O2/c1-13(6-8-14-9-7-13)15-12(16)5-4-11-3-2-10-17-11/h2-3,10,14H,4-9H2,1H3,(H,15,16). The molecule has 1 aliphatic rings. The number of furan rings is 1. The van der Waals surface area contributed by atoms with Crippen LogP contribution in [0.2, 0.25) is 0 Å². The predicted octanol–water partition coefficient (Wildman–Crippen LogP) is 1.47. The summed E-state index contributed by atoms with van der Waals surface area (Å²) >= 11 is 0. The van der Waals surface area contributed by atoms with Gasteiger partial charge < -0.3 is 15.1 Å². The van der Waals surface area contributed by atoms with Crippen LogP contribution in [0.5, 0.6) is 0 Å². The van der Waals surface area contributed by atoms with E-state index in [9.17, 15) is 4.79 Å². The first-order valence-electron chi connectivity index (χ1n) is 6.22. The molecule has 0 bridgehead atoms. The van der Waals surface area contributed by atoms with Gasteiger partial charge in [0.1, 0.15) is 5.76 Å². The quantitative estimate of drug-likeness (QED) is 0.832. The van der Waals surface area contributed by atoms with Gasteiger partial charge >= 0.3 is 0 Å². The van der Waals surface area contributed by atoms with Crippen LogP contribution in [-0.4, -0.2) is 24.5 Å². The van der Waals surface area contributed by atoms with E-state index in [0.29, 0.717) is 12.8 Å². The largest absolute Gasteiger partial charge is 0.469 e. The molecule has 94 valence electrons. The first-order valence-corrected chi connectivity index (χ1v) is 6.22. The maximum atomic E-state index is 11.8. The molecule has 1 saturated heterocycles. The van der Waals surface area contributed by atoms with E-state index in [-0.39, 0.29) is 11.4 Å². The summed E-state index contributed by atoms with van der Waals surface area (Å²) in [5, 5.41) is 6.44. The minimum absolute atomic E-state index is 0.0362. The van der Waals surface area contributed by atoms with E-state index in [2.05, 4.69) is 17.6 Å². The molecule has 0 aliphatic carbocycles. The molecule has 0 saturated carbocycles. The maximum absolute atomic E-state index is 11.8. The Morgan fingerprint density at radius 1 is 1.53 bits per heavy atom. The Morgan fingerprint density at radius 3 is 2.94 bits per heavy atom. The van der Waals surface area contributed by atoms with Crippen LogP contribution in [-0.2, 0) is 11.2 Å². The van der Waals surface area contributed by atoms with Gasteiger partial charge in [-0.2, -0.15) is 0 Å². The molecule has 1 aromatic heterocycles. The van der Waals surface area contributed by atoms with Crippen LogP contribution in [0.25, 0.3) is 0 Å². The average molecular weight is 236 g/mol. The molecule has 0 atom stereocenters. The SMILES string of the molecule is CC1(NC(=O)CCc2ccco2)CCNCC1. The van der Waals surface area contributed by atoms with Gasteiger partial charge in [-0.1, -0.05) is 0 Å². The Balaban J connectivity index is 1.76. The van der Waals surface area contributed by atoms with Crippen molar-refractivity contribution in [1.29, 1.82) is 0 Å². The Hall–Kier alpha value is -1.29. The predicted molar refractivity (Wildman–Crippen MR) is 65.7 cm³/mol. The van der Waals surface area contributed by atoms with Gasteiger partial charge in [0, 0.05) is 18.4 Å². The van der Waals surface area contributed by atoms with Crippen molar-refractivity contribution in [2.45, 2.75) is 38.1 Å². The van der Waals surface area contributed by atoms with Crippen LogP contribution in [0.3, 0.4) is 0 Å². The van der Waals surface area contributed by atoms with E-state index < -0.39 is 0 Å². The van der Waals surface area contributed by atoms with Crippen LogP contribution in [0.4, 0.5) is 0 Å². The molecule has 2 rings (SSSR count). The molecule has 0 unspecified atom stereocenters. The second-order valence-corrected chi connectivity index (χ2v) is 4.94. The highest BCUT2D eigenvalue weighted by Crippen LogP contribution is 2.17. The van der Waals surface area contributed by atoms with Crippen LogP contribution >= 0.6 is 0 Å². The summed E-state index contributed by atoms with van der Waals surface area (Å²) in [6.07, 6.45) is 4.81.